The monoisotopic (exact) mass is 619 g/mol. The van der Waals surface area contributed by atoms with Crippen LogP contribution in [0.4, 0.5) is 23.2 Å². The third-order valence-corrected chi connectivity index (χ3v) is 9.28. The van der Waals surface area contributed by atoms with Crippen molar-refractivity contribution in [3.8, 4) is 0 Å². The minimum Gasteiger partial charge on any atom is -0.352 e. The van der Waals surface area contributed by atoms with Crippen molar-refractivity contribution in [2.24, 2.45) is 0 Å². The first-order chi connectivity index (χ1) is 20.4. The number of hydrogen-bond donors (Lipinski definition) is 1. The van der Waals surface area contributed by atoms with Crippen LogP contribution in [0.25, 0.3) is 0 Å². The summed E-state index contributed by atoms with van der Waals surface area (Å²) >= 11 is 0. The predicted molar refractivity (Wildman–Crippen MR) is 154 cm³/mol. The van der Waals surface area contributed by atoms with E-state index < -0.39 is 57.7 Å². The van der Waals surface area contributed by atoms with Crippen molar-refractivity contribution < 1.29 is 35.6 Å². The fourth-order valence-corrected chi connectivity index (χ4v) is 6.47. The number of carbonyl (C=O) groups is 2. The molecule has 7 nitrogen and oxygen atoms in total. The Labute approximate surface area is 248 Å². The van der Waals surface area contributed by atoms with Crippen molar-refractivity contribution in [3.05, 3.63) is 95.8 Å². The molecule has 3 aromatic rings. The molecule has 1 aliphatic rings. The molecule has 1 saturated carbocycles. The van der Waals surface area contributed by atoms with E-state index in [4.69, 9.17) is 0 Å². The Bertz CT molecular complexity index is 1530. The Kier molecular flexibility index (Phi) is 10.1. The van der Waals surface area contributed by atoms with Gasteiger partial charge in [-0.2, -0.15) is 13.2 Å². The quantitative estimate of drug-likeness (QED) is 0.286. The zero-order valence-electron chi connectivity index (χ0n) is 23.6. The van der Waals surface area contributed by atoms with Gasteiger partial charge in [0.2, 0.25) is 11.8 Å². The number of nitrogens with one attached hydrogen (secondary N) is 1. The minimum absolute atomic E-state index is 0.0877. The molecule has 4 rings (SSSR count). The summed E-state index contributed by atoms with van der Waals surface area (Å²) in [5.41, 5.74) is -1.41. The average Bonchev–Trinajstić information content (AvgIpc) is 2.99. The molecule has 1 fully saturated rings. The van der Waals surface area contributed by atoms with Gasteiger partial charge in [0.15, 0.2) is 0 Å². The normalized spacial score (nSPS) is 15.0. The van der Waals surface area contributed by atoms with Gasteiger partial charge in [0.25, 0.3) is 10.0 Å². The van der Waals surface area contributed by atoms with Crippen LogP contribution in [0.1, 0.15) is 50.2 Å². The fraction of sp³-hybridized carbons (Fsp3) is 0.355. The number of amides is 2. The van der Waals surface area contributed by atoms with E-state index in [9.17, 15) is 35.6 Å². The molecule has 12 heteroatoms. The van der Waals surface area contributed by atoms with Crippen molar-refractivity contribution in [2.45, 2.75) is 68.7 Å². The van der Waals surface area contributed by atoms with Crippen LogP contribution in [-0.4, -0.2) is 43.8 Å². The number of sulfonamides is 1. The first-order valence-corrected chi connectivity index (χ1v) is 15.4. The van der Waals surface area contributed by atoms with Crippen molar-refractivity contribution >= 4 is 27.5 Å². The van der Waals surface area contributed by atoms with E-state index in [1.54, 1.807) is 12.1 Å². The summed E-state index contributed by atoms with van der Waals surface area (Å²) < 4.78 is 83.6. The number of hydrogen-bond acceptors (Lipinski definition) is 4. The van der Waals surface area contributed by atoms with Crippen LogP contribution in [0, 0.1) is 5.82 Å². The highest BCUT2D eigenvalue weighted by Gasteiger charge is 2.35. The SMILES string of the molecule is CC(C(=O)NC1CCCCC1)N(Cc1ccccc1F)C(=O)CN(c1cccc(C(F)(F)F)c1)S(=O)(=O)c1ccccc1. The van der Waals surface area contributed by atoms with Gasteiger partial charge in [-0.1, -0.05) is 61.7 Å². The molecule has 1 aliphatic carbocycles. The van der Waals surface area contributed by atoms with Gasteiger partial charge in [-0.05, 0) is 56.2 Å². The van der Waals surface area contributed by atoms with Gasteiger partial charge in [-0.3, -0.25) is 13.9 Å². The van der Waals surface area contributed by atoms with Crippen molar-refractivity contribution in [3.63, 3.8) is 0 Å². The first kappa shape index (κ1) is 32.0. The smallest absolute Gasteiger partial charge is 0.352 e. The molecule has 0 radical (unpaired) electrons. The molecule has 1 N–H and O–H groups in total. The zero-order valence-corrected chi connectivity index (χ0v) is 24.4. The summed E-state index contributed by atoms with van der Waals surface area (Å²) in [6.45, 7) is 0.151. The third kappa shape index (κ3) is 7.92. The maximum absolute atomic E-state index is 14.7. The molecule has 1 unspecified atom stereocenters. The first-order valence-electron chi connectivity index (χ1n) is 14.0. The second kappa shape index (κ2) is 13.6. The second-order valence-corrected chi connectivity index (χ2v) is 12.4. The standard InChI is InChI=1S/C31H33F4N3O4S/c1-22(30(40)36-25-13-4-2-5-14-25)37(20-23-11-8-9-18-28(23)32)29(39)21-38(43(41,42)27-16-6-3-7-17-27)26-15-10-12-24(19-26)31(33,34)35/h3,6-12,15-19,22,25H,2,4-5,13-14,20-21H2,1H3,(H,36,40). The van der Waals surface area contributed by atoms with Crippen LogP contribution in [0.3, 0.4) is 0 Å². The summed E-state index contributed by atoms with van der Waals surface area (Å²) in [5, 5.41) is 2.94. The van der Waals surface area contributed by atoms with E-state index in [1.807, 2.05) is 0 Å². The average molecular weight is 620 g/mol. The van der Waals surface area contributed by atoms with Gasteiger partial charge in [-0.15, -0.1) is 0 Å². The topological polar surface area (TPSA) is 86.8 Å². The second-order valence-electron chi connectivity index (χ2n) is 10.5. The molecule has 0 heterocycles. The van der Waals surface area contributed by atoms with Gasteiger partial charge in [-0.25, -0.2) is 12.8 Å². The lowest BCUT2D eigenvalue weighted by atomic mass is 9.95. The van der Waals surface area contributed by atoms with E-state index in [0.717, 1.165) is 55.2 Å². The summed E-state index contributed by atoms with van der Waals surface area (Å²) in [4.78, 5) is 28.0. The summed E-state index contributed by atoms with van der Waals surface area (Å²) in [5.74, 6) is -2.02. The number of alkyl halides is 3. The van der Waals surface area contributed by atoms with Crippen LogP contribution >= 0.6 is 0 Å². The summed E-state index contributed by atoms with van der Waals surface area (Å²) in [7, 11) is -4.55. The highest BCUT2D eigenvalue weighted by molar-refractivity contribution is 7.92. The lowest BCUT2D eigenvalue weighted by Gasteiger charge is -2.33. The molecule has 0 saturated heterocycles. The Morgan fingerprint density at radius 2 is 1.58 bits per heavy atom. The lowest BCUT2D eigenvalue weighted by Crippen LogP contribution is -2.53. The molecular weight excluding hydrogens is 586 g/mol. The molecule has 0 bridgehead atoms. The molecule has 43 heavy (non-hydrogen) atoms. The van der Waals surface area contributed by atoms with Crippen LogP contribution < -0.4 is 9.62 Å². The number of nitrogens with zero attached hydrogens (tertiary/aromatic N) is 2. The molecule has 0 aliphatic heterocycles. The minimum atomic E-state index is -4.77. The summed E-state index contributed by atoms with van der Waals surface area (Å²) in [6, 6.07) is 15.1. The van der Waals surface area contributed by atoms with Gasteiger partial charge in [0, 0.05) is 18.2 Å². The van der Waals surface area contributed by atoms with Crippen LogP contribution in [0.15, 0.2) is 83.8 Å². The van der Waals surface area contributed by atoms with Crippen LogP contribution in [0.5, 0.6) is 0 Å². The molecule has 2 amide bonds. The van der Waals surface area contributed by atoms with E-state index in [2.05, 4.69) is 5.32 Å². The van der Waals surface area contributed by atoms with E-state index in [1.165, 1.54) is 49.4 Å². The molecule has 0 aromatic heterocycles. The Balaban J connectivity index is 1.72. The van der Waals surface area contributed by atoms with Gasteiger partial charge in [0.1, 0.15) is 18.4 Å². The Hall–Kier alpha value is -3.93. The third-order valence-electron chi connectivity index (χ3n) is 7.49. The lowest BCUT2D eigenvalue weighted by molar-refractivity contribution is -0.139. The number of carbonyl (C=O) groups excluding carboxylic acids is 2. The molecule has 3 aromatic carbocycles. The Morgan fingerprint density at radius 1 is 0.930 bits per heavy atom. The van der Waals surface area contributed by atoms with Crippen molar-refractivity contribution in [2.75, 3.05) is 10.8 Å². The van der Waals surface area contributed by atoms with Gasteiger partial charge in [0.05, 0.1) is 16.1 Å². The molecule has 1 atom stereocenters. The predicted octanol–water partition coefficient (Wildman–Crippen LogP) is 5.91. The zero-order chi connectivity index (χ0) is 31.2. The number of halogens is 4. The van der Waals surface area contributed by atoms with Crippen LogP contribution in [-0.2, 0) is 32.3 Å². The van der Waals surface area contributed by atoms with E-state index >= 15 is 0 Å². The van der Waals surface area contributed by atoms with Crippen molar-refractivity contribution in [1.82, 2.24) is 10.2 Å². The Morgan fingerprint density at radius 3 is 2.23 bits per heavy atom. The summed E-state index contributed by atoms with van der Waals surface area (Å²) in [6.07, 6.45) is -0.274. The maximum Gasteiger partial charge on any atom is 0.416 e. The number of rotatable bonds is 10. The molecule has 0 spiro atoms. The number of benzene rings is 3. The molecule has 230 valence electrons. The van der Waals surface area contributed by atoms with E-state index in [0.29, 0.717) is 10.4 Å². The highest BCUT2D eigenvalue weighted by Crippen LogP contribution is 2.33. The van der Waals surface area contributed by atoms with Crippen LogP contribution in [0.2, 0.25) is 0 Å². The highest BCUT2D eigenvalue weighted by atomic mass is 32.2. The molecular formula is C31H33F4N3O4S. The van der Waals surface area contributed by atoms with Gasteiger partial charge < -0.3 is 10.2 Å². The van der Waals surface area contributed by atoms with E-state index in [-0.39, 0.29) is 23.0 Å². The largest absolute Gasteiger partial charge is 0.416 e. The number of anilines is 1. The maximum atomic E-state index is 14.7. The fourth-order valence-electron chi connectivity index (χ4n) is 5.05. The van der Waals surface area contributed by atoms with Gasteiger partial charge >= 0.3 is 6.18 Å². The van der Waals surface area contributed by atoms with Crippen molar-refractivity contribution in [1.29, 1.82) is 0 Å².